The van der Waals surface area contributed by atoms with Crippen LogP contribution in [-0.2, 0) is 0 Å². The van der Waals surface area contributed by atoms with E-state index in [-0.39, 0.29) is 24.0 Å². The second-order valence-corrected chi connectivity index (χ2v) is 7.18. The highest BCUT2D eigenvalue weighted by atomic mass is 32.2. The smallest absolute Gasteiger partial charge is 0.251 e. The number of nitrogens with one attached hydrogen (secondary N) is 1. The minimum atomic E-state index is -0.208. The van der Waals surface area contributed by atoms with Crippen molar-refractivity contribution in [2.24, 2.45) is 5.41 Å². The Kier molecular flexibility index (Phi) is 6.08. The maximum Gasteiger partial charge on any atom is 0.251 e. The third-order valence-corrected chi connectivity index (χ3v) is 3.83. The Labute approximate surface area is 126 Å². The van der Waals surface area contributed by atoms with Gasteiger partial charge in [-0.2, -0.15) is 0 Å². The second-order valence-electron chi connectivity index (χ2n) is 6.30. The van der Waals surface area contributed by atoms with E-state index in [0.29, 0.717) is 5.56 Å². The molecule has 2 N–H and O–H groups in total. The summed E-state index contributed by atoms with van der Waals surface area (Å²) in [7, 11) is 0. The first kappa shape index (κ1) is 17.1. The minimum absolute atomic E-state index is 0.0374. The number of carbonyl (C=O) groups is 1. The first-order valence-electron chi connectivity index (χ1n) is 6.83. The van der Waals surface area contributed by atoms with Crippen LogP contribution in [0.2, 0.25) is 0 Å². The van der Waals surface area contributed by atoms with Crippen LogP contribution in [0.3, 0.4) is 0 Å². The van der Waals surface area contributed by atoms with E-state index in [1.54, 1.807) is 11.8 Å². The Bertz CT molecular complexity index is 466. The molecule has 1 unspecified atom stereocenters. The molecule has 0 radical (unpaired) electrons. The number of hydrogen-bond acceptors (Lipinski definition) is 3. The van der Waals surface area contributed by atoms with E-state index in [1.165, 1.54) is 0 Å². The zero-order chi connectivity index (χ0) is 15.3. The zero-order valence-corrected chi connectivity index (χ0v) is 13.8. The van der Waals surface area contributed by atoms with Crippen molar-refractivity contribution in [3.05, 3.63) is 29.3 Å². The summed E-state index contributed by atoms with van der Waals surface area (Å²) in [6.07, 6.45) is 2.74. The number of aliphatic hydroxyl groups is 1. The van der Waals surface area contributed by atoms with Gasteiger partial charge in [0.15, 0.2) is 0 Å². The molecule has 0 saturated heterocycles. The van der Waals surface area contributed by atoms with Crippen molar-refractivity contribution in [3.63, 3.8) is 0 Å². The lowest BCUT2D eigenvalue weighted by Crippen LogP contribution is -2.40. The van der Waals surface area contributed by atoms with Gasteiger partial charge in [-0.15, -0.1) is 11.8 Å². The van der Waals surface area contributed by atoms with Gasteiger partial charge in [-0.05, 0) is 42.7 Å². The lowest BCUT2D eigenvalue weighted by molar-refractivity contribution is 0.0897. The summed E-state index contributed by atoms with van der Waals surface area (Å²) in [5, 5.41) is 12.4. The van der Waals surface area contributed by atoms with Gasteiger partial charge in [-0.3, -0.25) is 4.79 Å². The predicted molar refractivity (Wildman–Crippen MR) is 85.4 cm³/mol. The van der Waals surface area contributed by atoms with E-state index < -0.39 is 0 Å². The fraction of sp³-hybridized carbons (Fsp3) is 0.562. The van der Waals surface area contributed by atoms with E-state index in [4.69, 9.17) is 0 Å². The molecule has 112 valence electrons. The Morgan fingerprint density at radius 3 is 2.55 bits per heavy atom. The summed E-state index contributed by atoms with van der Waals surface area (Å²) in [5.74, 6) is -0.110. The molecular formula is C16H25NO2S. The van der Waals surface area contributed by atoms with Gasteiger partial charge >= 0.3 is 0 Å². The topological polar surface area (TPSA) is 49.3 Å². The number of benzene rings is 1. The zero-order valence-electron chi connectivity index (χ0n) is 13.0. The molecule has 4 heteroatoms. The summed E-state index contributed by atoms with van der Waals surface area (Å²) in [4.78, 5) is 13.4. The Morgan fingerprint density at radius 1 is 1.40 bits per heavy atom. The van der Waals surface area contributed by atoms with E-state index in [2.05, 4.69) is 26.1 Å². The SMILES string of the molecule is CSc1ccc(C)c(C(=O)NC(CO)CC(C)(C)C)c1. The molecule has 0 bridgehead atoms. The van der Waals surface area contributed by atoms with Crippen molar-refractivity contribution in [2.75, 3.05) is 12.9 Å². The molecule has 1 atom stereocenters. The Balaban J connectivity index is 2.84. The molecule has 1 amide bonds. The molecule has 3 nitrogen and oxygen atoms in total. The number of thioether (sulfide) groups is 1. The van der Waals surface area contributed by atoms with Gasteiger partial charge in [-0.1, -0.05) is 26.8 Å². The summed E-state index contributed by atoms with van der Waals surface area (Å²) in [5.41, 5.74) is 1.70. The third-order valence-electron chi connectivity index (χ3n) is 3.10. The quantitative estimate of drug-likeness (QED) is 0.820. The maximum atomic E-state index is 12.4. The maximum absolute atomic E-state index is 12.4. The van der Waals surface area contributed by atoms with Crippen molar-refractivity contribution < 1.29 is 9.90 Å². The van der Waals surface area contributed by atoms with E-state index in [1.807, 2.05) is 31.4 Å². The van der Waals surface area contributed by atoms with Crippen LogP contribution < -0.4 is 5.32 Å². The summed E-state index contributed by atoms with van der Waals surface area (Å²) < 4.78 is 0. The first-order valence-corrected chi connectivity index (χ1v) is 8.05. The number of amides is 1. The van der Waals surface area contributed by atoms with Crippen molar-refractivity contribution in [2.45, 2.75) is 45.1 Å². The largest absolute Gasteiger partial charge is 0.394 e. The fourth-order valence-corrected chi connectivity index (χ4v) is 2.58. The summed E-state index contributed by atoms with van der Waals surface area (Å²) in [6, 6.07) is 5.66. The standard InChI is InChI=1S/C16H25NO2S/c1-11-6-7-13(20-5)8-14(11)15(19)17-12(10-18)9-16(2,3)4/h6-8,12,18H,9-10H2,1-5H3,(H,17,19). The molecular weight excluding hydrogens is 270 g/mol. The van der Waals surface area contributed by atoms with Gasteiger partial charge < -0.3 is 10.4 Å². The third kappa shape index (κ3) is 5.17. The lowest BCUT2D eigenvalue weighted by atomic mass is 9.88. The van der Waals surface area contributed by atoms with E-state index in [0.717, 1.165) is 16.9 Å². The highest BCUT2D eigenvalue weighted by Gasteiger charge is 2.21. The van der Waals surface area contributed by atoms with Crippen LogP contribution in [0.5, 0.6) is 0 Å². The Hall–Kier alpha value is -1.00. The fourth-order valence-electron chi connectivity index (χ4n) is 2.14. The number of aliphatic hydroxyl groups excluding tert-OH is 1. The number of aryl methyl sites for hydroxylation is 1. The van der Waals surface area contributed by atoms with Crippen LogP contribution in [0.25, 0.3) is 0 Å². The second kappa shape index (κ2) is 7.14. The Morgan fingerprint density at radius 2 is 2.05 bits per heavy atom. The molecule has 0 aliphatic heterocycles. The van der Waals surface area contributed by atoms with Crippen LogP contribution in [0.15, 0.2) is 23.1 Å². The molecule has 20 heavy (non-hydrogen) atoms. The van der Waals surface area contributed by atoms with Gasteiger partial charge in [0.05, 0.1) is 12.6 Å². The first-order chi connectivity index (χ1) is 9.26. The molecule has 0 aromatic heterocycles. The van der Waals surface area contributed by atoms with Gasteiger partial charge in [0.1, 0.15) is 0 Å². The molecule has 1 aromatic carbocycles. The average Bonchev–Trinajstić information content (AvgIpc) is 2.36. The van der Waals surface area contributed by atoms with Gasteiger partial charge in [0, 0.05) is 10.5 Å². The van der Waals surface area contributed by atoms with Crippen molar-refractivity contribution in [3.8, 4) is 0 Å². The van der Waals surface area contributed by atoms with E-state index in [9.17, 15) is 9.90 Å². The summed E-state index contributed by atoms with van der Waals surface area (Å²) in [6.45, 7) is 8.19. The van der Waals surface area contributed by atoms with Gasteiger partial charge in [-0.25, -0.2) is 0 Å². The average molecular weight is 295 g/mol. The normalized spacial score (nSPS) is 13.1. The van der Waals surface area contributed by atoms with Crippen molar-refractivity contribution in [1.82, 2.24) is 5.32 Å². The lowest BCUT2D eigenvalue weighted by Gasteiger charge is -2.25. The molecule has 1 rings (SSSR count). The highest BCUT2D eigenvalue weighted by Crippen LogP contribution is 2.22. The van der Waals surface area contributed by atoms with Crippen LogP contribution in [0, 0.1) is 12.3 Å². The number of hydrogen-bond donors (Lipinski definition) is 2. The van der Waals surface area contributed by atoms with Crippen LogP contribution in [0.1, 0.15) is 43.1 Å². The molecule has 0 aliphatic carbocycles. The molecule has 1 aromatic rings. The summed E-state index contributed by atoms with van der Waals surface area (Å²) >= 11 is 1.61. The molecule has 0 heterocycles. The number of rotatable bonds is 5. The molecule has 0 saturated carbocycles. The monoisotopic (exact) mass is 295 g/mol. The van der Waals surface area contributed by atoms with Gasteiger partial charge in [0.2, 0.25) is 0 Å². The molecule has 0 fully saturated rings. The molecule has 0 aliphatic rings. The van der Waals surface area contributed by atoms with E-state index >= 15 is 0 Å². The highest BCUT2D eigenvalue weighted by molar-refractivity contribution is 7.98. The van der Waals surface area contributed by atoms with Crippen molar-refractivity contribution >= 4 is 17.7 Å². The molecule has 0 spiro atoms. The van der Waals surface area contributed by atoms with Crippen molar-refractivity contribution in [1.29, 1.82) is 0 Å². The minimum Gasteiger partial charge on any atom is -0.394 e. The van der Waals surface area contributed by atoms with Crippen LogP contribution in [0.4, 0.5) is 0 Å². The number of carbonyl (C=O) groups excluding carboxylic acids is 1. The van der Waals surface area contributed by atoms with Crippen LogP contribution in [-0.4, -0.2) is 29.9 Å². The predicted octanol–water partition coefficient (Wildman–Crippen LogP) is 3.24. The van der Waals surface area contributed by atoms with Gasteiger partial charge in [0.25, 0.3) is 5.91 Å². The van der Waals surface area contributed by atoms with Crippen LogP contribution >= 0.6 is 11.8 Å².